The van der Waals surface area contributed by atoms with Gasteiger partial charge in [-0.05, 0) is 106 Å². The number of nitrogens with zero attached hydrogens (tertiary/aromatic N) is 4. The normalized spacial score (nSPS) is 18.1. The quantitative estimate of drug-likeness (QED) is 0.0471. The van der Waals surface area contributed by atoms with Crippen molar-refractivity contribution in [2.75, 3.05) is 13.1 Å². The summed E-state index contributed by atoms with van der Waals surface area (Å²) in [4.78, 5) is 74.4. The van der Waals surface area contributed by atoms with Crippen molar-refractivity contribution >= 4 is 29.6 Å². The third-order valence-electron chi connectivity index (χ3n) is 14.4. The highest BCUT2D eigenvalue weighted by Gasteiger charge is 2.54. The number of rotatable bonds is 21. The summed E-state index contributed by atoms with van der Waals surface area (Å²) in [7, 11) is 0. The first-order valence-electron chi connectivity index (χ1n) is 26.6. The van der Waals surface area contributed by atoms with Crippen LogP contribution >= 0.6 is 0 Å². The molecule has 2 aliphatic rings. The number of carbonyl (C=O) groups excluding carboxylic acids is 4. The largest absolute Gasteiger partial charge is 0.478 e. The molecule has 0 bridgehead atoms. The van der Waals surface area contributed by atoms with Crippen LogP contribution in [0.15, 0.2) is 176 Å². The van der Waals surface area contributed by atoms with E-state index in [4.69, 9.17) is 5.11 Å². The van der Waals surface area contributed by atoms with Crippen LogP contribution in [0.25, 0.3) is 0 Å². The Morgan fingerprint density at radius 2 is 0.857 bits per heavy atom. The predicted octanol–water partition coefficient (Wildman–Crippen LogP) is 8.19. The van der Waals surface area contributed by atoms with Crippen molar-refractivity contribution in [3.05, 3.63) is 215 Å². The molecule has 0 saturated carbocycles. The molecular weight excluding hydrogens is 969 g/mol. The van der Waals surface area contributed by atoms with Crippen molar-refractivity contribution in [2.45, 2.75) is 128 Å². The first-order chi connectivity index (χ1) is 36.9. The smallest absolute Gasteiger partial charge is 0.335 e. The third kappa shape index (κ3) is 14.1. The Hall–Kier alpha value is -7.49. The number of carbonyl (C=O) groups is 5. The van der Waals surface area contributed by atoms with E-state index in [1.54, 1.807) is 56.0 Å². The van der Waals surface area contributed by atoms with Crippen molar-refractivity contribution in [1.82, 2.24) is 30.2 Å². The standard InChI is InChI=1S/C49H55N5O5.C14H19NO3/c1-48(2)50-41(46(58)52(48)32-36-24-14-7-15-25-36)43(55)39(30-34-20-10-5-11-21-34)54(45(57)38-28-18-9-19-29-38)40(31-35-22-12-6-13-23-35)44(56)42-47(59)53(49(3,4)51-42)33-37-26-16-8-17-27-37;1-3-8-15(9-4-2)13(16)11-6-5-7-12(10-11)14(17)18/h5-29,39-44,50-51,55-56H,30-33H2,1-4H3;5-7,10H,3-4,8-9H2,1-2H3,(H,17,18)/t39-,40-,41?,42?,43?,44?;/m0./s1. The molecule has 0 spiro atoms. The number of hydrogen-bond acceptors (Lipinski definition) is 9. The summed E-state index contributed by atoms with van der Waals surface area (Å²) in [6.07, 6.45) is -0.797. The molecule has 14 nitrogen and oxygen atoms in total. The molecule has 77 heavy (non-hydrogen) atoms. The Bertz CT molecular complexity index is 2750. The monoisotopic (exact) mass is 1040 g/mol. The molecule has 4 amide bonds. The topological polar surface area (TPSA) is 183 Å². The van der Waals surface area contributed by atoms with Gasteiger partial charge in [-0.15, -0.1) is 0 Å². The van der Waals surface area contributed by atoms with Crippen molar-refractivity contribution < 1.29 is 39.3 Å². The maximum Gasteiger partial charge on any atom is 0.335 e. The van der Waals surface area contributed by atoms with Gasteiger partial charge in [-0.25, -0.2) is 4.79 Å². The third-order valence-corrected chi connectivity index (χ3v) is 14.4. The highest BCUT2D eigenvalue weighted by atomic mass is 16.4. The van der Waals surface area contributed by atoms with Gasteiger partial charge in [0, 0.05) is 37.3 Å². The van der Waals surface area contributed by atoms with Gasteiger partial charge in [-0.3, -0.25) is 29.8 Å². The number of carboxylic acids is 1. The van der Waals surface area contributed by atoms with Crippen LogP contribution < -0.4 is 10.6 Å². The van der Waals surface area contributed by atoms with E-state index in [-0.39, 0.29) is 36.1 Å². The minimum Gasteiger partial charge on any atom is -0.478 e. The zero-order chi connectivity index (χ0) is 55.3. The Labute approximate surface area is 453 Å². The Kier molecular flexibility index (Phi) is 19.3. The van der Waals surface area contributed by atoms with Crippen LogP contribution in [0.2, 0.25) is 0 Å². The lowest BCUT2D eigenvalue weighted by molar-refractivity contribution is -0.135. The second kappa shape index (κ2) is 26.0. The summed E-state index contributed by atoms with van der Waals surface area (Å²) in [6, 6.07) is 49.1. The number of amides is 4. The number of aliphatic hydroxyl groups is 2. The molecule has 6 aromatic carbocycles. The fourth-order valence-corrected chi connectivity index (χ4v) is 10.5. The molecule has 4 unspecified atom stereocenters. The van der Waals surface area contributed by atoms with Crippen molar-refractivity contribution in [3.63, 3.8) is 0 Å². The lowest BCUT2D eigenvalue weighted by Crippen LogP contribution is -2.64. The summed E-state index contributed by atoms with van der Waals surface area (Å²) >= 11 is 0. The predicted molar refractivity (Wildman–Crippen MR) is 298 cm³/mol. The van der Waals surface area contributed by atoms with Crippen LogP contribution in [0.3, 0.4) is 0 Å². The van der Waals surface area contributed by atoms with Crippen LogP contribution in [0.5, 0.6) is 0 Å². The maximum absolute atomic E-state index is 15.3. The van der Waals surface area contributed by atoms with Gasteiger partial charge in [0.05, 0.1) is 41.2 Å². The maximum atomic E-state index is 15.3. The number of nitrogens with one attached hydrogen (secondary N) is 2. The molecule has 14 heteroatoms. The lowest BCUT2D eigenvalue weighted by atomic mass is 9.88. The van der Waals surface area contributed by atoms with E-state index in [0.717, 1.165) is 35.1 Å². The average molecular weight is 1040 g/mol. The molecule has 0 radical (unpaired) electrons. The van der Waals surface area contributed by atoms with Crippen LogP contribution in [0.4, 0.5) is 0 Å². The van der Waals surface area contributed by atoms with Crippen molar-refractivity contribution in [2.24, 2.45) is 0 Å². The van der Waals surface area contributed by atoms with Crippen LogP contribution in [0.1, 0.15) is 108 Å². The Balaban J connectivity index is 0.000000406. The summed E-state index contributed by atoms with van der Waals surface area (Å²) in [5, 5.41) is 41.5. The molecule has 6 atom stereocenters. The number of aliphatic hydroxyl groups excluding tert-OH is 2. The van der Waals surface area contributed by atoms with Crippen LogP contribution in [-0.4, -0.2) is 125 Å². The fraction of sp³-hybridized carbons (Fsp3) is 0.349. The summed E-state index contributed by atoms with van der Waals surface area (Å²) in [5.74, 6) is -2.16. The number of hydrogen-bond donors (Lipinski definition) is 5. The minimum absolute atomic E-state index is 0.0956. The molecule has 5 N–H and O–H groups in total. The zero-order valence-electron chi connectivity index (χ0n) is 45.0. The first kappa shape index (κ1) is 57.2. The fourth-order valence-electron chi connectivity index (χ4n) is 10.5. The van der Waals surface area contributed by atoms with E-state index in [9.17, 15) is 29.4 Å². The summed E-state index contributed by atoms with van der Waals surface area (Å²) < 4.78 is 0. The van der Waals surface area contributed by atoms with Gasteiger partial charge in [-0.1, -0.05) is 159 Å². The van der Waals surface area contributed by atoms with E-state index in [0.29, 0.717) is 37.3 Å². The molecule has 6 aromatic rings. The molecule has 404 valence electrons. The van der Waals surface area contributed by atoms with Crippen molar-refractivity contribution in [3.8, 4) is 0 Å². The molecule has 2 aliphatic heterocycles. The molecule has 8 rings (SSSR count). The number of aromatic carboxylic acids is 1. The SMILES string of the molecule is CC1(C)NC(C(O)[C@H](Cc2ccccc2)N(C(=O)c2ccccc2)[C@@H](Cc2ccccc2)C(O)C2NC(C)(C)N(Cc3ccccc3)C2=O)C(=O)N1Cc1ccccc1.CCCN(CCC)C(=O)c1cccc(C(=O)O)c1. The molecular formula is C63H74N6O8. The second-order valence-corrected chi connectivity index (χ2v) is 20.9. The van der Waals surface area contributed by atoms with Gasteiger partial charge in [0.1, 0.15) is 12.1 Å². The second-order valence-electron chi connectivity index (χ2n) is 20.9. The van der Waals surface area contributed by atoms with Crippen LogP contribution in [-0.2, 0) is 35.5 Å². The van der Waals surface area contributed by atoms with E-state index in [2.05, 4.69) is 10.6 Å². The van der Waals surface area contributed by atoms with Crippen LogP contribution in [0, 0.1) is 0 Å². The highest BCUT2D eigenvalue weighted by Crippen LogP contribution is 2.33. The lowest BCUT2D eigenvalue weighted by Gasteiger charge is -2.44. The van der Waals surface area contributed by atoms with E-state index in [1.165, 1.54) is 12.1 Å². The van der Waals surface area contributed by atoms with Gasteiger partial charge in [0.2, 0.25) is 11.8 Å². The molecule has 2 saturated heterocycles. The highest BCUT2D eigenvalue weighted by molar-refractivity contribution is 5.97. The van der Waals surface area contributed by atoms with Gasteiger partial charge in [0.15, 0.2) is 0 Å². The number of benzene rings is 6. The number of carboxylic acid groups (broad SMARTS) is 1. The summed E-state index contributed by atoms with van der Waals surface area (Å²) in [6.45, 7) is 13.7. The van der Waals surface area contributed by atoms with Gasteiger partial charge in [0.25, 0.3) is 11.8 Å². The van der Waals surface area contributed by atoms with Gasteiger partial charge < -0.3 is 34.9 Å². The Morgan fingerprint density at radius 3 is 1.23 bits per heavy atom. The van der Waals surface area contributed by atoms with E-state index >= 15 is 4.79 Å². The zero-order valence-corrected chi connectivity index (χ0v) is 45.0. The minimum atomic E-state index is -1.45. The van der Waals surface area contributed by atoms with E-state index in [1.807, 2.05) is 169 Å². The summed E-state index contributed by atoms with van der Waals surface area (Å²) in [5.41, 5.74) is 2.77. The van der Waals surface area contributed by atoms with Gasteiger partial charge in [-0.2, -0.15) is 0 Å². The molecule has 0 aliphatic carbocycles. The molecule has 0 aromatic heterocycles. The van der Waals surface area contributed by atoms with Gasteiger partial charge >= 0.3 is 5.97 Å². The molecule has 2 heterocycles. The first-order valence-corrected chi connectivity index (χ1v) is 26.6. The van der Waals surface area contributed by atoms with E-state index < -0.39 is 59.6 Å². The molecule has 2 fully saturated rings. The average Bonchev–Trinajstić information content (AvgIpc) is 3.91. The Morgan fingerprint density at radius 1 is 0.506 bits per heavy atom. The van der Waals surface area contributed by atoms with Crippen molar-refractivity contribution in [1.29, 1.82) is 0 Å².